The molecular weight excluding hydrogens is 280 g/mol. The number of aryl methyl sites for hydroxylation is 2. The van der Waals surface area contributed by atoms with Gasteiger partial charge < -0.3 is 10.6 Å². The predicted molar refractivity (Wildman–Crippen MR) is 78.2 cm³/mol. The van der Waals surface area contributed by atoms with Crippen molar-refractivity contribution < 1.29 is 13.2 Å². The van der Waals surface area contributed by atoms with Crippen molar-refractivity contribution in [3.05, 3.63) is 23.5 Å². The standard InChI is InChI=1S/C12H20N4O3S/c1-9-5-6-11(10(2)14-9)15-12(17)13-7-8-20(18,19)16(3)4/h5-6H,7-8H2,1-4H3,(H2,13,15,17). The number of amides is 2. The van der Waals surface area contributed by atoms with E-state index >= 15 is 0 Å². The first-order chi connectivity index (χ1) is 9.22. The lowest BCUT2D eigenvalue weighted by Gasteiger charge is -2.12. The Labute approximate surface area is 119 Å². The number of carbonyl (C=O) groups excluding carboxylic acids is 1. The Balaban J connectivity index is 2.49. The molecule has 7 nitrogen and oxygen atoms in total. The minimum absolute atomic E-state index is 0.0463. The van der Waals surface area contributed by atoms with Crippen molar-refractivity contribution in [1.29, 1.82) is 0 Å². The van der Waals surface area contributed by atoms with Gasteiger partial charge in [-0.1, -0.05) is 0 Å². The summed E-state index contributed by atoms with van der Waals surface area (Å²) < 4.78 is 24.1. The summed E-state index contributed by atoms with van der Waals surface area (Å²) in [5, 5.41) is 5.13. The molecule has 0 bridgehead atoms. The van der Waals surface area contributed by atoms with Crippen LogP contribution in [-0.4, -0.2) is 50.1 Å². The summed E-state index contributed by atoms with van der Waals surface area (Å²) in [5.74, 6) is -0.140. The molecule has 20 heavy (non-hydrogen) atoms. The van der Waals surface area contributed by atoms with Crippen molar-refractivity contribution in [1.82, 2.24) is 14.6 Å². The lowest BCUT2D eigenvalue weighted by molar-refractivity contribution is 0.252. The van der Waals surface area contributed by atoms with Crippen LogP contribution in [0.15, 0.2) is 12.1 Å². The number of urea groups is 1. The number of sulfonamides is 1. The molecule has 0 saturated heterocycles. The van der Waals surface area contributed by atoms with Gasteiger partial charge in [-0.3, -0.25) is 4.98 Å². The Morgan fingerprint density at radius 1 is 1.30 bits per heavy atom. The summed E-state index contributed by atoms with van der Waals surface area (Å²) in [4.78, 5) is 15.9. The van der Waals surface area contributed by atoms with Crippen LogP contribution in [0.4, 0.5) is 10.5 Å². The molecule has 8 heteroatoms. The molecule has 0 radical (unpaired) electrons. The molecule has 0 unspecified atom stereocenters. The van der Waals surface area contributed by atoms with Crippen LogP contribution in [0.3, 0.4) is 0 Å². The average molecular weight is 300 g/mol. The van der Waals surface area contributed by atoms with Crippen LogP contribution in [0, 0.1) is 13.8 Å². The first-order valence-electron chi connectivity index (χ1n) is 6.11. The zero-order chi connectivity index (χ0) is 15.3. The van der Waals surface area contributed by atoms with Crippen molar-refractivity contribution in [2.45, 2.75) is 13.8 Å². The van der Waals surface area contributed by atoms with Gasteiger partial charge in [-0.2, -0.15) is 0 Å². The lowest BCUT2D eigenvalue weighted by atomic mass is 10.3. The van der Waals surface area contributed by atoms with E-state index in [1.807, 2.05) is 6.92 Å². The zero-order valence-electron chi connectivity index (χ0n) is 12.1. The second kappa shape index (κ2) is 6.67. The summed E-state index contributed by atoms with van der Waals surface area (Å²) in [6.45, 7) is 3.70. The molecule has 0 aliphatic carbocycles. The van der Waals surface area contributed by atoms with E-state index in [2.05, 4.69) is 15.6 Å². The maximum atomic E-state index is 11.6. The van der Waals surface area contributed by atoms with Crippen molar-refractivity contribution in [3.8, 4) is 0 Å². The van der Waals surface area contributed by atoms with Gasteiger partial charge in [0.15, 0.2) is 0 Å². The minimum atomic E-state index is -3.30. The largest absolute Gasteiger partial charge is 0.337 e. The van der Waals surface area contributed by atoms with Crippen LogP contribution in [0.2, 0.25) is 0 Å². The number of carbonyl (C=O) groups is 1. The van der Waals surface area contributed by atoms with Gasteiger partial charge in [0, 0.05) is 26.3 Å². The highest BCUT2D eigenvalue weighted by Gasteiger charge is 2.13. The molecule has 0 saturated carbocycles. The number of hydrogen-bond acceptors (Lipinski definition) is 4. The Kier molecular flexibility index (Phi) is 5.46. The van der Waals surface area contributed by atoms with E-state index in [4.69, 9.17) is 0 Å². The van der Waals surface area contributed by atoms with Gasteiger partial charge in [0.2, 0.25) is 10.0 Å². The quantitative estimate of drug-likeness (QED) is 0.838. The number of rotatable bonds is 5. The summed E-state index contributed by atoms with van der Waals surface area (Å²) in [7, 11) is -0.392. The predicted octanol–water partition coefficient (Wildman–Crippen LogP) is 0.711. The van der Waals surface area contributed by atoms with Gasteiger partial charge in [-0.25, -0.2) is 17.5 Å². The Morgan fingerprint density at radius 3 is 2.50 bits per heavy atom. The molecule has 0 spiro atoms. The van der Waals surface area contributed by atoms with E-state index in [0.717, 1.165) is 10.00 Å². The molecule has 1 rings (SSSR count). The second-order valence-corrected chi connectivity index (χ2v) is 6.87. The molecule has 0 fully saturated rings. The van der Waals surface area contributed by atoms with E-state index in [1.54, 1.807) is 19.1 Å². The third-order valence-electron chi connectivity index (χ3n) is 2.68. The topological polar surface area (TPSA) is 91.4 Å². The molecule has 1 heterocycles. The van der Waals surface area contributed by atoms with Crippen LogP contribution in [0.25, 0.3) is 0 Å². The van der Waals surface area contributed by atoms with E-state index in [9.17, 15) is 13.2 Å². The summed E-state index contributed by atoms with van der Waals surface area (Å²) in [5.41, 5.74) is 2.18. The molecule has 2 amide bonds. The van der Waals surface area contributed by atoms with Crippen molar-refractivity contribution >= 4 is 21.7 Å². The van der Waals surface area contributed by atoms with Crippen LogP contribution < -0.4 is 10.6 Å². The third-order valence-corrected chi connectivity index (χ3v) is 4.51. The lowest BCUT2D eigenvalue weighted by Crippen LogP contribution is -2.36. The third kappa shape index (κ3) is 4.78. The van der Waals surface area contributed by atoms with Crippen LogP contribution >= 0.6 is 0 Å². The van der Waals surface area contributed by atoms with Crippen molar-refractivity contribution in [2.75, 3.05) is 31.7 Å². The highest BCUT2D eigenvalue weighted by atomic mass is 32.2. The monoisotopic (exact) mass is 300 g/mol. The molecule has 112 valence electrons. The van der Waals surface area contributed by atoms with E-state index in [0.29, 0.717) is 11.4 Å². The molecule has 1 aromatic heterocycles. The number of nitrogens with zero attached hydrogens (tertiary/aromatic N) is 2. The SMILES string of the molecule is Cc1ccc(NC(=O)NCCS(=O)(=O)N(C)C)c(C)n1. The van der Waals surface area contributed by atoms with E-state index < -0.39 is 16.1 Å². The van der Waals surface area contributed by atoms with E-state index in [-0.39, 0.29) is 12.3 Å². The zero-order valence-corrected chi connectivity index (χ0v) is 12.9. The smallest absolute Gasteiger partial charge is 0.319 e. The fourth-order valence-electron chi connectivity index (χ4n) is 1.46. The normalized spacial score (nSPS) is 11.4. The molecule has 1 aromatic rings. The number of anilines is 1. The van der Waals surface area contributed by atoms with Crippen molar-refractivity contribution in [3.63, 3.8) is 0 Å². The fourth-order valence-corrected chi connectivity index (χ4v) is 2.19. The molecule has 0 atom stereocenters. The van der Waals surface area contributed by atoms with Gasteiger partial charge in [-0.15, -0.1) is 0 Å². The Hall–Kier alpha value is -1.67. The van der Waals surface area contributed by atoms with Crippen LogP contribution in [0.5, 0.6) is 0 Å². The van der Waals surface area contributed by atoms with Crippen LogP contribution in [-0.2, 0) is 10.0 Å². The van der Waals surface area contributed by atoms with Crippen LogP contribution in [0.1, 0.15) is 11.4 Å². The van der Waals surface area contributed by atoms with Gasteiger partial charge >= 0.3 is 6.03 Å². The summed E-state index contributed by atoms with van der Waals surface area (Å²) >= 11 is 0. The molecular formula is C12H20N4O3S. The van der Waals surface area contributed by atoms with Crippen molar-refractivity contribution in [2.24, 2.45) is 0 Å². The number of nitrogens with one attached hydrogen (secondary N) is 2. The first kappa shape index (κ1) is 16.4. The highest BCUT2D eigenvalue weighted by molar-refractivity contribution is 7.89. The fraction of sp³-hybridized carbons (Fsp3) is 0.500. The molecule has 0 aliphatic heterocycles. The second-order valence-electron chi connectivity index (χ2n) is 4.56. The maximum Gasteiger partial charge on any atom is 0.319 e. The average Bonchev–Trinajstić information content (AvgIpc) is 2.32. The molecule has 0 aromatic carbocycles. The highest BCUT2D eigenvalue weighted by Crippen LogP contribution is 2.11. The summed E-state index contributed by atoms with van der Waals surface area (Å²) in [6, 6.07) is 3.10. The molecule has 0 aliphatic rings. The number of pyridine rings is 1. The Morgan fingerprint density at radius 2 is 1.95 bits per heavy atom. The van der Waals surface area contributed by atoms with Gasteiger partial charge in [-0.05, 0) is 26.0 Å². The van der Waals surface area contributed by atoms with E-state index in [1.165, 1.54) is 14.1 Å². The molecule has 2 N–H and O–H groups in total. The maximum absolute atomic E-state index is 11.6. The number of aromatic nitrogens is 1. The first-order valence-corrected chi connectivity index (χ1v) is 7.72. The minimum Gasteiger partial charge on any atom is -0.337 e. The van der Waals surface area contributed by atoms with Gasteiger partial charge in [0.25, 0.3) is 0 Å². The van der Waals surface area contributed by atoms with Gasteiger partial charge in [0.1, 0.15) is 0 Å². The Bertz CT molecular complexity index is 584. The van der Waals surface area contributed by atoms with Gasteiger partial charge in [0.05, 0.1) is 17.1 Å². The number of hydrogen-bond donors (Lipinski definition) is 2. The summed E-state index contributed by atoms with van der Waals surface area (Å²) in [6.07, 6.45) is 0.